The van der Waals surface area contributed by atoms with Crippen molar-refractivity contribution >= 4 is 11.9 Å². The van der Waals surface area contributed by atoms with Crippen molar-refractivity contribution in [2.45, 2.75) is 33.7 Å². The first-order valence-electron chi connectivity index (χ1n) is 7.19. The van der Waals surface area contributed by atoms with Crippen molar-refractivity contribution in [1.82, 2.24) is 0 Å². The lowest BCUT2D eigenvalue weighted by Gasteiger charge is -2.35. The molecule has 0 radical (unpaired) electrons. The second kappa shape index (κ2) is 9.94. The molecule has 0 saturated heterocycles. The monoisotopic (exact) mass is 295 g/mol. The summed E-state index contributed by atoms with van der Waals surface area (Å²) < 4.78 is 1.20. The van der Waals surface area contributed by atoms with Crippen LogP contribution in [0, 0.1) is 0 Å². The normalized spacial score (nSPS) is 10.4. The number of carboxylic acid groups (broad SMARTS) is 2. The van der Waals surface area contributed by atoms with Crippen LogP contribution >= 0.6 is 0 Å². The lowest BCUT2D eigenvalue weighted by Crippen LogP contribution is -2.46. The molecule has 0 heterocycles. The third kappa shape index (κ3) is 8.09. The lowest BCUT2D eigenvalue weighted by atomic mass is 10.2. The van der Waals surface area contributed by atoms with Crippen molar-refractivity contribution < 1.29 is 24.3 Å². The van der Waals surface area contributed by atoms with Crippen LogP contribution in [0.1, 0.15) is 32.8 Å². The number of rotatable bonds is 7. The van der Waals surface area contributed by atoms with Crippen molar-refractivity contribution in [3.63, 3.8) is 0 Å². The molecule has 0 aromatic heterocycles. The molecule has 1 aromatic rings. The Morgan fingerprint density at radius 1 is 1.05 bits per heavy atom. The van der Waals surface area contributed by atoms with Gasteiger partial charge in [0, 0.05) is 5.56 Å². The molecule has 1 N–H and O–H groups in total. The third-order valence-corrected chi connectivity index (χ3v) is 3.67. The SMILES string of the molecule is CC[N+](CC)(CC)Cc1ccccc1.O=C([O-])CC(=O)O. The molecule has 0 aliphatic carbocycles. The molecule has 5 nitrogen and oxygen atoms in total. The van der Waals surface area contributed by atoms with E-state index < -0.39 is 18.4 Å². The Hall–Kier alpha value is -1.88. The Balaban J connectivity index is 0.000000486. The fraction of sp³-hybridized carbons (Fsp3) is 0.500. The number of carbonyl (C=O) groups is 2. The van der Waals surface area contributed by atoms with Gasteiger partial charge in [-0.15, -0.1) is 0 Å². The Morgan fingerprint density at radius 3 is 1.81 bits per heavy atom. The summed E-state index contributed by atoms with van der Waals surface area (Å²) in [6.45, 7) is 11.7. The maximum absolute atomic E-state index is 9.39. The quantitative estimate of drug-likeness (QED) is 0.607. The minimum atomic E-state index is -1.56. The Labute approximate surface area is 126 Å². The fourth-order valence-corrected chi connectivity index (χ4v) is 2.10. The van der Waals surface area contributed by atoms with Crippen molar-refractivity contribution in [3.8, 4) is 0 Å². The molecule has 0 spiro atoms. The average Bonchev–Trinajstić information content (AvgIpc) is 2.45. The molecule has 1 aromatic carbocycles. The summed E-state index contributed by atoms with van der Waals surface area (Å²) in [5.41, 5.74) is 1.46. The van der Waals surface area contributed by atoms with E-state index in [9.17, 15) is 14.7 Å². The van der Waals surface area contributed by atoms with Crippen molar-refractivity contribution in [2.24, 2.45) is 0 Å². The number of nitrogens with zero attached hydrogens (tertiary/aromatic N) is 1. The zero-order chi connectivity index (χ0) is 16.3. The largest absolute Gasteiger partial charge is 0.550 e. The van der Waals surface area contributed by atoms with Crippen molar-refractivity contribution in [2.75, 3.05) is 19.6 Å². The molecule has 21 heavy (non-hydrogen) atoms. The minimum absolute atomic E-state index is 0.917. The van der Waals surface area contributed by atoms with Gasteiger partial charge in [0.1, 0.15) is 6.54 Å². The molecule has 1 rings (SSSR count). The predicted molar refractivity (Wildman–Crippen MR) is 79.3 cm³/mol. The van der Waals surface area contributed by atoms with Gasteiger partial charge < -0.3 is 19.5 Å². The molecule has 0 aliphatic heterocycles. The van der Waals surface area contributed by atoms with E-state index in [4.69, 9.17) is 5.11 Å². The summed E-state index contributed by atoms with van der Waals surface area (Å²) in [4.78, 5) is 18.7. The van der Waals surface area contributed by atoms with Gasteiger partial charge in [-0.1, -0.05) is 30.3 Å². The highest BCUT2D eigenvalue weighted by molar-refractivity contribution is 5.87. The van der Waals surface area contributed by atoms with E-state index >= 15 is 0 Å². The van der Waals surface area contributed by atoms with Crippen molar-refractivity contribution in [1.29, 1.82) is 0 Å². The molecular formula is C16H25NO4. The minimum Gasteiger partial charge on any atom is -0.550 e. The second-order valence-corrected chi connectivity index (χ2v) is 4.88. The molecule has 0 bridgehead atoms. The lowest BCUT2D eigenvalue weighted by molar-refractivity contribution is -0.936. The molecule has 0 amide bonds. The molecular weight excluding hydrogens is 270 g/mol. The van der Waals surface area contributed by atoms with Crippen LogP contribution in [0.4, 0.5) is 0 Å². The molecule has 0 fully saturated rings. The summed E-state index contributed by atoms with van der Waals surface area (Å²) >= 11 is 0. The van der Waals surface area contributed by atoms with Gasteiger partial charge in [-0.05, 0) is 20.8 Å². The summed E-state index contributed by atoms with van der Waals surface area (Å²) in [6.07, 6.45) is -0.917. The summed E-state index contributed by atoms with van der Waals surface area (Å²) in [5.74, 6) is -2.94. The van der Waals surface area contributed by atoms with E-state index in [0.29, 0.717) is 0 Å². The molecule has 5 heteroatoms. The van der Waals surface area contributed by atoms with Gasteiger partial charge in [-0.2, -0.15) is 0 Å². The van der Waals surface area contributed by atoms with Crippen molar-refractivity contribution in [3.05, 3.63) is 35.9 Å². The highest BCUT2D eigenvalue weighted by atomic mass is 16.4. The number of benzene rings is 1. The maximum Gasteiger partial charge on any atom is 0.309 e. The van der Waals surface area contributed by atoms with Gasteiger partial charge in [0.15, 0.2) is 0 Å². The smallest absolute Gasteiger partial charge is 0.309 e. The number of hydrogen-bond donors (Lipinski definition) is 1. The molecule has 0 saturated carbocycles. The van der Waals surface area contributed by atoms with Crippen LogP contribution in [-0.2, 0) is 16.1 Å². The molecule has 0 aliphatic rings. The summed E-state index contributed by atoms with van der Waals surface area (Å²) in [5, 5.41) is 17.0. The Bertz CT molecular complexity index is 407. The average molecular weight is 295 g/mol. The van der Waals surface area contributed by atoms with E-state index in [1.54, 1.807) is 0 Å². The van der Waals surface area contributed by atoms with Gasteiger partial charge in [0.2, 0.25) is 0 Å². The molecule has 118 valence electrons. The van der Waals surface area contributed by atoms with E-state index in [1.165, 1.54) is 36.2 Å². The zero-order valence-corrected chi connectivity index (χ0v) is 13.0. The van der Waals surface area contributed by atoms with Crippen LogP contribution in [0.3, 0.4) is 0 Å². The third-order valence-electron chi connectivity index (χ3n) is 3.67. The highest BCUT2D eigenvalue weighted by Gasteiger charge is 2.20. The van der Waals surface area contributed by atoms with E-state index in [1.807, 2.05) is 0 Å². The van der Waals surface area contributed by atoms with Crippen LogP contribution in [0.15, 0.2) is 30.3 Å². The summed E-state index contributed by atoms with van der Waals surface area (Å²) in [7, 11) is 0. The molecule has 0 unspecified atom stereocenters. The zero-order valence-electron chi connectivity index (χ0n) is 13.0. The first-order chi connectivity index (χ1) is 9.89. The van der Waals surface area contributed by atoms with E-state index in [0.717, 1.165) is 0 Å². The topological polar surface area (TPSA) is 77.4 Å². The van der Waals surface area contributed by atoms with Crippen LogP contribution in [0.2, 0.25) is 0 Å². The van der Waals surface area contributed by atoms with Crippen LogP contribution in [0.5, 0.6) is 0 Å². The van der Waals surface area contributed by atoms with Crippen LogP contribution in [0.25, 0.3) is 0 Å². The van der Waals surface area contributed by atoms with Gasteiger partial charge in [0.25, 0.3) is 0 Å². The maximum atomic E-state index is 9.39. The standard InChI is InChI=1S/C13H22N.C3H4O4/c1-4-14(5-2,6-3)12-13-10-8-7-9-11-13;4-2(5)1-3(6)7/h7-11H,4-6,12H2,1-3H3;1H2,(H,4,5)(H,6,7)/q+1;/p-1. The van der Waals surface area contributed by atoms with E-state index in [2.05, 4.69) is 51.1 Å². The van der Waals surface area contributed by atoms with Gasteiger partial charge >= 0.3 is 5.97 Å². The molecule has 0 atom stereocenters. The Morgan fingerprint density at radius 2 is 1.52 bits per heavy atom. The van der Waals surface area contributed by atoms with E-state index in [-0.39, 0.29) is 0 Å². The number of carbonyl (C=O) groups excluding carboxylic acids is 1. The number of carboxylic acids is 2. The highest BCUT2D eigenvalue weighted by Crippen LogP contribution is 2.13. The number of hydrogen-bond acceptors (Lipinski definition) is 3. The number of quaternary nitrogens is 1. The van der Waals surface area contributed by atoms with Gasteiger partial charge in [-0.3, -0.25) is 4.79 Å². The fourth-order valence-electron chi connectivity index (χ4n) is 2.10. The van der Waals surface area contributed by atoms with Crippen LogP contribution < -0.4 is 5.11 Å². The first kappa shape index (κ1) is 19.1. The van der Waals surface area contributed by atoms with Gasteiger partial charge in [-0.25, -0.2) is 0 Å². The Kier molecular flexibility index (Phi) is 9.05. The van der Waals surface area contributed by atoms with Gasteiger partial charge in [0.05, 0.1) is 32.0 Å². The predicted octanol–water partition coefficient (Wildman–Crippen LogP) is 1.27. The summed E-state index contributed by atoms with van der Waals surface area (Å²) in [6, 6.07) is 10.8. The second-order valence-electron chi connectivity index (χ2n) is 4.88. The number of aliphatic carboxylic acids is 2. The van der Waals surface area contributed by atoms with Crippen LogP contribution in [-0.4, -0.2) is 41.2 Å². The first-order valence-corrected chi connectivity index (χ1v) is 7.19.